The highest BCUT2D eigenvalue weighted by atomic mass is 32.2. The van der Waals surface area contributed by atoms with Crippen LogP contribution >= 0.6 is 23.1 Å². The summed E-state index contributed by atoms with van der Waals surface area (Å²) in [5.74, 6) is 2.49. The molecule has 0 saturated carbocycles. The second-order valence-corrected chi connectivity index (χ2v) is 6.40. The molecule has 0 bridgehead atoms. The summed E-state index contributed by atoms with van der Waals surface area (Å²) in [6, 6.07) is 0.729. The lowest BCUT2D eigenvalue weighted by Crippen LogP contribution is -2.39. The number of rotatable bonds is 3. The third-order valence-electron chi connectivity index (χ3n) is 2.83. The first-order valence-corrected chi connectivity index (χ1v) is 7.72. The molecule has 2 heterocycles. The zero-order valence-corrected chi connectivity index (χ0v) is 11.5. The highest BCUT2D eigenvalue weighted by molar-refractivity contribution is 7.99. The van der Waals surface area contributed by atoms with Gasteiger partial charge in [-0.25, -0.2) is 4.98 Å². The molecule has 5 heteroatoms. The molecule has 2 unspecified atom stereocenters. The smallest absolute Gasteiger partial charge is 0.109 e. The van der Waals surface area contributed by atoms with Crippen molar-refractivity contribution in [2.45, 2.75) is 32.5 Å². The monoisotopic (exact) mass is 257 g/mol. The highest BCUT2D eigenvalue weighted by Crippen LogP contribution is 2.21. The summed E-state index contributed by atoms with van der Waals surface area (Å²) in [6.07, 6.45) is 0. The fourth-order valence-corrected chi connectivity index (χ4v) is 3.66. The molecule has 3 nitrogen and oxygen atoms in total. The Labute approximate surface area is 105 Å². The molecule has 90 valence electrons. The van der Waals surface area contributed by atoms with Crippen LogP contribution < -0.4 is 5.73 Å². The maximum Gasteiger partial charge on any atom is 0.109 e. The molecule has 1 fully saturated rings. The Morgan fingerprint density at radius 2 is 2.50 bits per heavy atom. The van der Waals surface area contributed by atoms with Gasteiger partial charge in [0, 0.05) is 36.0 Å². The second kappa shape index (κ2) is 5.49. The number of nitrogens with two attached hydrogens (primary N) is 1. The van der Waals surface area contributed by atoms with Gasteiger partial charge in [0.05, 0.1) is 11.7 Å². The van der Waals surface area contributed by atoms with E-state index in [0.717, 1.165) is 11.6 Å². The molecule has 2 rings (SSSR count). The largest absolute Gasteiger partial charge is 0.322 e. The molecule has 1 saturated heterocycles. The molecule has 2 N–H and O–H groups in total. The van der Waals surface area contributed by atoms with Gasteiger partial charge in [0.15, 0.2) is 0 Å². The third kappa shape index (κ3) is 2.97. The van der Waals surface area contributed by atoms with Crippen LogP contribution in [-0.2, 0) is 6.54 Å². The van der Waals surface area contributed by atoms with Crippen LogP contribution in [0.5, 0.6) is 0 Å². The lowest BCUT2D eigenvalue weighted by atomic mass is 10.3. The Kier molecular flexibility index (Phi) is 4.24. The van der Waals surface area contributed by atoms with Gasteiger partial charge in [0.2, 0.25) is 0 Å². The normalized spacial score (nSPS) is 24.6. The van der Waals surface area contributed by atoms with Crippen LogP contribution in [0.25, 0.3) is 0 Å². The molecule has 0 aromatic carbocycles. The van der Waals surface area contributed by atoms with Gasteiger partial charge < -0.3 is 5.73 Å². The summed E-state index contributed by atoms with van der Waals surface area (Å²) in [6.45, 7) is 6.44. The van der Waals surface area contributed by atoms with Gasteiger partial charge in [-0.1, -0.05) is 0 Å². The van der Waals surface area contributed by atoms with Gasteiger partial charge in [0.25, 0.3) is 0 Å². The molecule has 0 amide bonds. The molecule has 0 aliphatic carbocycles. The fraction of sp³-hybridized carbons (Fsp3) is 0.727. The van der Waals surface area contributed by atoms with E-state index < -0.39 is 0 Å². The summed E-state index contributed by atoms with van der Waals surface area (Å²) >= 11 is 3.73. The van der Waals surface area contributed by atoms with Crippen LogP contribution in [0.3, 0.4) is 0 Å². The third-order valence-corrected chi connectivity index (χ3v) is 5.11. The van der Waals surface area contributed by atoms with Gasteiger partial charge in [-0.15, -0.1) is 11.3 Å². The van der Waals surface area contributed by atoms with E-state index in [1.807, 2.05) is 18.7 Å². The van der Waals surface area contributed by atoms with Crippen molar-refractivity contribution < 1.29 is 0 Å². The first-order chi connectivity index (χ1) is 7.66. The molecule has 1 aliphatic rings. The van der Waals surface area contributed by atoms with E-state index in [2.05, 4.69) is 22.2 Å². The maximum absolute atomic E-state index is 5.82. The summed E-state index contributed by atoms with van der Waals surface area (Å²) in [4.78, 5) is 7.09. The second-order valence-electron chi connectivity index (χ2n) is 4.36. The minimum Gasteiger partial charge on any atom is -0.322 e. The van der Waals surface area contributed by atoms with Gasteiger partial charge >= 0.3 is 0 Å². The number of nitrogens with zero attached hydrogens (tertiary/aromatic N) is 2. The van der Waals surface area contributed by atoms with Crippen molar-refractivity contribution in [3.63, 3.8) is 0 Å². The molecule has 2 atom stereocenters. The first kappa shape index (κ1) is 12.4. The van der Waals surface area contributed by atoms with E-state index in [1.54, 1.807) is 11.3 Å². The maximum atomic E-state index is 5.82. The van der Waals surface area contributed by atoms with E-state index in [0.29, 0.717) is 6.04 Å². The van der Waals surface area contributed by atoms with Gasteiger partial charge in [-0.3, -0.25) is 4.90 Å². The average molecular weight is 257 g/mol. The Morgan fingerprint density at radius 1 is 1.69 bits per heavy atom. The molecule has 0 spiro atoms. The van der Waals surface area contributed by atoms with E-state index >= 15 is 0 Å². The van der Waals surface area contributed by atoms with Gasteiger partial charge in [0.1, 0.15) is 5.01 Å². The SMILES string of the molecule is CC(N)c1nc(CN2CCSCC2C)cs1. The zero-order chi connectivity index (χ0) is 11.5. The fourth-order valence-electron chi connectivity index (χ4n) is 1.81. The Hall–Kier alpha value is -0.100. The Bertz CT molecular complexity index is 338. The van der Waals surface area contributed by atoms with Crippen LogP contribution in [-0.4, -0.2) is 34.0 Å². The molecular formula is C11H19N3S2. The predicted octanol–water partition coefficient (Wildman–Crippen LogP) is 2.10. The Balaban J connectivity index is 1.97. The number of hydrogen-bond acceptors (Lipinski definition) is 5. The van der Waals surface area contributed by atoms with E-state index in [1.165, 1.54) is 23.7 Å². The topological polar surface area (TPSA) is 42.1 Å². The van der Waals surface area contributed by atoms with E-state index in [4.69, 9.17) is 5.73 Å². The van der Waals surface area contributed by atoms with Gasteiger partial charge in [-0.2, -0.15) is 11.8 Å². The van der Waals surface area contributed by atoms with Crippen LogP contribution in [0.15, 0.2) is 5.38 Å². The van der Waals surface area contributed by atoms with Crippen molar-refractivity contribution in [3.05, 3.63) is 16.1 Å². The summed E-state index contributed by atoms with van der Waals surface area (Å²) in [5.41, 5.74) is 7.00. The average Bonchev–Trinajstić information content (AvgIpc) is 2.70. The van der Waals surface area contributed by atoms with Crippen LogP contribution in [0.1, 0.15) is 30.6 Å². The number of hydrogen-bond donors (Lipinski definition) is 1. The van der Waals surface area contributed by atoms with E-state index in [9.17, 15) is 0 Å². The van der Waals surface area contributed by atoms with Gasteiger partial charge in [-0.05, 0) is 13.8 Å². The molecular weight excluding hydrogens is 238 g/mol. The van der Waals surface area contributed by atoms with Crippen molar-refractivity contribution >= 4 is 23.1 Å². The summed E-state index contributed by atoms with van der Waals surface area (Å²) < 4.78 is 0. The number of thioether (sulfide) groups is 1. The van der Waals surface area contributed by atoms with Crippen molar-refractivity contribution in [1.82, 2.24) is 9.88 Å². The molecule has 1 aliphatic heterocycles. The number of aromatic nitrogens is 1. The molecule has 1 aromatic rings. The predicted molar refractivity (Wildman–Crippen MR) is 71.9 cm³/mol. The summed E-state index contributed by atoms with van der Waals surface area (Å²) in [7, 11) is 0. The molecule has 0 radical (unpaired) electrons. The molecule has 16 heavy (non-hydrogen) atoms. The van der Waals surface area contributed by atoms with Crippen LogP contribution in [0.2, 0.25) is 0 Å². The lowest BCUT2D eigenvalue weighted by molar-refractivity contribution is 0.221. The van der Waals surface area contributed by atoms with E-state index in [-0.39, 0.29) is 6.04 Å². The van der Waals surface area contributed by atoms with Crippen molar-refractivity contribution in [2.24, 2.45) is 5.73 Å². The quantitative estimate of drug-likeness (QED) is 0.900. The lowest BCUT2D eigenvalue weighted by Gasteiger charge is -2.32. The van der Waals surface area contributed by atoms with Crippen molar-refractivity contribution in [2.75, 3.05) is 18.1 Å². The first-order valence-electron chi connectivity index (χ1n) is 5.68. The zero-order valence-electron chi connectivity index (χ0n) is 9.85. The minimum atomic E-state index is 0.0630. The standard InChI is InChI=1S/C11H19N3S2/c1-8-6-15-4-3-14(8)5-10-7-16-11(13-10)9(2)12/h7-9H,3-6,12H2,1-2H3. The van der Waals surface area contributed by atoms with Crippen LogP contribution in [0.4, 0.5) is 0 Å². The molecule has 1 aromatic heterocycles. The van der Waals surface area contributed by atoms with Crippen molar-refractivity contribution in [1.29, 1.82) is 0 Å². The highest BCUT2D eigenvalue weighted by Gasteiger charge is 2.19. The summed E-state index contributed by atoms with van der Waals surface area (Å²) in [5, 5.41) is 3.20. The minimum absolute atomic E-state index is 0.0630. The number of thiazole rings is 1. The van der Waals surface area contributed by atoms with Crippen molar-refractivity contribution in [3.8, 4) is 0 Å². The van der Waals surface area contributed by atoms with Crippen LogP contribution in [0, 0.1) is 0 Å². The Morgan fingerprint density at radius 3 is 3.12 bits per heavy atom.